The molecule has 1 atom stereocenters. The Morgan fingerprint density at radius 1 is 1.28 bits per heavy atom. The number of carbonyl (C=O) groups is 2. The summed E-state index contributed by atoms with van der Waals surface area (Å²) in [5, 5.41) is 3.48. The van der Waals surface area contributed by atoms with Crippen LogP contribution in [0.3, 0.4) is 0 Å². The minimum Gasteiger partial charge on any atom is -0.365 e. The molecule has 1 heterocycles. The Bertz CT molecular complexity index is 910. The first-order chi connectivity index (χ1) is 13.9. The van der Waals surface area contributed by atoms with E-state index in [0.29, 0.717) is 22.4 Å². The molecule has 1 unspecified atom stereocenters. The van der Waals surface area contributed by atoms with Crippen molar-refractivity contribution in [3.05, 3.63) is 57.5 Å². The van der Waals surface area contributed by atoms with E-state index in [4.69, 9.17) is 5.73 Å². The van der Waals surface area contributed by atoms with Crippen molar-refractivity contribution in [1.82, 2.24) is 0 Å². The van der Waals surface area contributed by atoms with E-state index in [0.717, 1.165) is 30.4 Å². The molecule has 1 aromatic heterocycles. The number of nitrogens with one attached hydrogen (secondary N) is 1. The molecule has 0 aliphatic heterocycles. The van der Waals surface area contributed by atoms with Crippen molar-refractivity contribution in [3.63, 3.8) is 0 Å². The highest BCUT2D eigenvalue weighted by Gasteiger charge is 2.28. The topological polar surface area (TPSA) is 72.2 Å². The van der Waals surface area contributed by atoms with Gasteiger partial charge in [0.05, 0.1) is 5.56 Å². The van der Waals surface area contributed by atoms with E-state index >= 15 is 0 Å². The minimum absolute atomic E-state index is 0.246. The highest BCUT2D eigenvalue weighted by atomic mass is 32.1. The fourth-order valence-electron chi connectivity index (χ4n) is 3.98. The van der Waals surface area contributed by atoms with Gasteiger partial charge < -0.3 is 11.1 Å². The molecule has 2 amide bonds. The van der Waals surface area contributed by atoms with Gasteiger partial charge in [-0.05, 0) is 53.9 Å². The maximum Gasteiger partial charge on any atom is 0.251 e. The fourth-order valence-corrected chi connectivity index (χ4v) is 5.35. The van der Waals surface area contributed by atoms with E-state index in [1.165, 1.54) is 40.7 Å². The molecule has 1 aromatic carbocycles. The first-order valence-electron chi connectivity index (χ1n) is 10.4. The molecule has 5 heteroatoms. The van der Waals surface area contributed by atoms with Gasteiger partial charge in [0.15, 0.2) is 0 Å². The largest absolute Gasteiger partial charge is 0.365 e. The van der Waals surface area contributed by atoms with Gasteiger partial charge in [0.2, 0.25) is 5.91 Å². The first-order valence-corrected chi connectivity index (χ1v) is 11.2. The number of amides is 2. The van der Waals surface area contributed by atoms with Crippen LogP contribution in [0.4, 0.5) is 5.00 Å². The van der Waals surface area contributed by atoms with Crippen LogP contribution in [0.15, 0.2) is 30.3 Å². The quantitative estimate of drug-likeness (QED) is 0.589. The van der Waals surface area contributed by atoms with Crippen molar-refractivity contribution < 1.29 is 9.59 Å². The second-order valence-electron chi connectivity index (χ2n) is 8.11. The zero-order valence-electron chi connectivity index (χ0n) is 17.5. The maximum absolute atomic E-state index is 12.5. The van der Waals surface area contributed by atoms with Crippen molar-refractivity contribution in [1.29, 1.82) is 0 Å². The van der Waals surface area contributed by atoms with Crippen molar-refractivity contribution in [3.8, 4) is 0 Å². The summed E-state index contributed by atoms with van der Waals surface area (Å²) in [6.45, 7) is 6.51. The van der Waals surface area contributed by atoms with Crippen LogP contribution >= 0.6 is 11.3 Å². The second kappa shape index (κ2) is 9.40. The van der Waals surface area contributed by atoms with Crippen LogP contribution in [0.2, 0.25) is 0 Å². The summed E-state index contributed by atoms with van der Waals surface area (Å²) in [5.41, 5.74) is 9.43. The molecule has 0 saturated heterocycles. The summed E-state index contributed by atoms with van der Waals surface area (Å²) in [6, 6.07) is 8.16. The highest BCUT2D eigenvalue weighted by Crippen LogP contribution is 2.40. The Kier molecular flexibility index (Phi) is 6.91. The third-order valence-corrected chi connectivity index (χ3v) is 6.75. The smallest absolute Gasteiger partial charge is 0.251 e. The van der Waals surface area contributed by atoms with Crippen molar-refractivity contribution in [2.45, 2.75) is 58.8 Å². The number of rotatable bonds is 7. The van der Waals surface area contributed by atoms with Crippen molar-refractivity contribution in [2.24, 2.45) is 11.7 Å². The lowest BCUT2D eigenvalue weighted by atomic mass is 9.84. The molecule has 0 spiro atoms. The van der Waals surface area contributed by atoms with Crippen LogP contribution in [-0.4, -0.2) is 11.8 Å². The van der Waals surface area contributed by atoms with Gasteiger partial charge in [-0.1, -0.05) is 57.9 Å². The number of hydrogen-bond acceptors (Lipinski definition) is 3. The average Bonchev–Trinajstić information content (AvgIpc) is 3.04. The van der Waals surface area contributed by atoms with E-state index in [2.05, 4.69) is 38.2 Å². The Labute approximate surface area is 177 Å². The molecule has 0 saturated carbocycles. The Hall–Kier alpha value is -2.40. The third kappa shape index (κ3) is 5.15. The predicted molar refractivity (Wildman–Crippen MR) is 121 cm³/mol. The number of thiophene rings is 1. The van der Waals surface area contributed by atoms with Gasteiger partial charge in [0, 0.05) is 11.0 Å². The molecule has 0 bridgehead atoms. The lowest BCUT2D eigenvalue weighted by Crippen LogP contribution is -2.19. The van der Waals surface area contributed by atoms with E-state index in [1.54, 1.807) is 6.08 Å². The van der Waals surface area contributed by atoms with Gasteiger partial charge in [-0.25, -0.2) is 0 Å². The lowest BCUT2D eigenvalue weighted by molar-refractivity contribution is -0.111. The van der Waals surface area contributed by atoms with Gasteiger partial charge in [-0.15, -0.1) is 11.3 Å². The second-order valence-corrected chi connectivity index (χ2v) is 9.22. The molecule has 4 nitrogen and oxygen atoms in total. The first kappa shape index (κ1) is 21.3. The summed E-state index contributed by atoms with van der Waals surface area (Å²) in [7, 11) is 0. The van der Waals surface area contributed by atoms with Gasteiger partial charge in [-0.3, -0.25) is 9.59 Å². The normalized spacial score (nSPS) is 16.2. The lowest BCUT2D eigenvalue weighted by Gasteiger charge is -2.21. The fraction of sp³-hybridized carbons (Fsp3) is 0.417. The van der Waals surface area contributed by atoms with Crippen LogP contribution in [-0.2, 0) is 17.6 Å². The van der Waals surface area contributed by atoms with E-state index in [9.17, 15) is 9.59 Å². The van der Waals surface area contributed by atoms with Crippen molar-refractivity contribution in [2.75, 3.05) is 5.32 Å². The minimum atomic E-state index is -0.458. The Balaban J connectivity index is 1.73. The predicted octanol–water partition coefficient (Wildman–Crippen LogP) is 5.53. The monoisotopic (exact) mass is 410 g/mol. The Morgan fingerprint density at radius 3 is 2.62 bits per heavy atom. The highest BCUT2D eigenvalue weighted by molar-refractivity contribution is 7.17. The van der Waals surface area contributed by atoms with E-state index < -0.39 is 5.91 Å². The number of benzene rings is 1. The van der Waals surface area contributed by atoms with Crippen LogP contribution in [0.5, 0.6) is 0 Å². The molecule has 29 heavy (non-hydrogen) atoms. The molecule has 2 aromatic rings. The van der Waals surface area contributed by atoms with Crippen LogP contribution in [0.1, 0.15) is 77.9 Å². The van der Waals surface area contributed by atoms with Crippen LogP contribution in [0.25, 0.3) is 6.08 Å². The van der Waals surface area contributed by atoms with Gasteiger partial charge in [0.25, 0.3) is 5.91 Å². The summed E-state index contributed by atoms with van der Waals surface area (Å²) in [6.07, 6.45) is 8.58. The van der Waals surface area contributed by atoms with Crippen LogP contribution in [0, 0.1) is 5.92 Å². The number of carbonyl (C=O) groups excluding carboxylic acids is 2. The Morgan fingerprint density at radius 2 is 2.00 bits per heavy atom. The zero-order chi connectivity index (χ0) is 21.0. The molecular weight excluding hydrogens is 380 g/mol. The average molecular weight is 411 g/mol. The molecule has 154 valence electrons. The number of hydrogen-bond donors (Lipinski definition) is 2. The molecule has 0 fully saturated rings. The number of anilines is 1. The number of fused-ring (bicyclic) bond motifs is 1. The maximum atomic E-state index is 12.5. The van der Waals surface area contributed by atoms with E-state index in [-0.39, 0.29) is 5.91 Å². The van der Waals surface area contributed by atoms with Crippen LogP contribution < -0.4 is 11.1 Å². The molecule has 1 aliphatic carbocycles. The number of nitrogens with two attached hydrogens (primary N) is 1. The molecule has 0 radical (unpaired) electrons. The summed E-state index contributed by atoms with van der Waals surface area (Å²) in [5.74, 6) is 0.429. The number of primary amides is 1. The van der Waals surface area contributed by atoms with Gasteiger partial charge >= 0.3 is 0 Å². The SMILES string of the molecule is CCCC1CCc2c(sc(NC(=O)C=Cc3ccc(C(C)C)cc3)c2C(N)=O)C1. The third-order valence-electron chi connectivity index (χ3n) is 5.58. The summed E-state index contributed by atoms with van der Waals surface area (Å²) >= 11 is 1.51. The molecule has 3 rings (SSSR count). The zero-order valence-corrected chi connectivity index (χ0v) is 18.3. The molecule has 3 N–H and O–H groups in total. The molecular formula is C24H30N2O2S. The standard InChI is InChI=1S/C24H30N2O2S/c1-4-5-17-8-12-19-20(14-17)29-24(22(19)23(25)28)26-21(27)13-9-16-6-10-18(11-7-16)15(2)3/h6-7,9-11,13,15,17H,4-5,8,12,14H2,1-3H3,(H2,25,28)(H,26,27). The van der Waals surface area contributed by atoms with E-state index in [1.807, 2.05) is 12.1 Å². The van der Waals surface area contributed by atoms with Gasteiger partial charge in [0.1, 0.15) is 5.00 Å². The summed E-state index contributed by atoms with van der Waals surface area (Å²) < 4.78 is 0. The van der Waals surface area contributed by atoms with Crippen molar-refractivity contribution >= 4 is 34.2 Å². The summed E-state index contributed by atoms with van der Waals surface area (Å²) in [4.78, 5) is 25.7. The molecule has 1 aliphatic rings. The van der Waals surface area contributed by atoms with Gasteiger partial charge in [-0.2, -0.15) is 0 Å².